The molecule has 0 saturated heterocycles. The molecule has 0 saturated carbocycles. The minimum atomic E-state index is -0.823. The Balaban J connectivity index is 2.71. The van der Waals surface area contributed by atoms with Crippen molar-refractivity contribution < 1.29 is 9.84 Å². The Kier molecular flexibility index (Phi) is 4.52. The minimum Gasteiger partial charge on any atom is -0.464 e. The van der Waals surface area contributed by atoms with Crippen LogP contribution in [-0.4, -0.2) is 11.4 Å². The van der Waals surface area contributed by atoms with E-state index >= 15 is 0 Å². The molecule has 4 heteroatoms. The van der Waals surface area contributed by atoms with Gasteiger partial charge in [-0.1, -0.05) is 42.6 Å². The van der Waals surface area contributed by atoms with E-state index in [-0.39, 0.29) is 0 Å². The van der Waals surface area contributed by atoms with E-state index in [9.17, 15) is 5.11 Å². The van der Waals surface area contributed by atoms with E-state index in [0.717, 1.165) is 6.42 Å². The topological polar surface area (TPSA) is 29.5 Å². The summed E-state index contributed by atoms with van der Waals surface area (Å²) in [4.78, 5) is 0. The molecule has 0 spiro atoms. The van der Waals surface area contributed by atoms with E-state index < -0.39 is 6.29 Å². The third kappa shape index (κ3) is 3.05. The van der Waals surface area contributed by atoms with Gasteiger partial charge in [0.25, 0.3) is 0 Å². The molecule has 2 nitrogen and oxygen atoms in total. The molecule has 0 aromatic heterocycles. The van der Waals surface area contributed by atoms with Gasteiger partial charge < -0.3 is 9.84 Å². The molecule has 0 radical (unpaired) electrons. The molecular formula is C10H12Cl2O2. The van der Waals surface area contributed by atoms with Crippen LogP contribution in [0.3, 0.4) is 0 Å². The number of aliphatic hydroxyl groups is 1. The molecule has 1 unspecified atom stereocenters. The molecule has 0 aliphatic rings. The third-order valence-electron chi connectivity index (χ3n) is 1.71. The van der Waals surface area contributed by atoms with Gasteiger partial charge in [-0.15, -0.1) is 0 Å². The Morgan fingerprint density at radius 3 is 2.79 bits per heavy atom. The Hall–Kier alpha value is -0.440. The van der Waals surface area contributed by atoms with E-state index in [1.54, 1.807) is 18.2 Å². The molecule has 0 aliphatic heterocycles. The molecule has 78 valence electrons. The van der Waals surface area contributed by atoms with Gasteiger partial charge in [0.1, 0.15) is 10.8 Å². The number of hydrogen-bond donors (Lipinski definition) is 1. The Bertz CT molecular complexity index is 302. The zero-order chi connectivity index (χ0) is 10.6. The van der Waals surface area contributed by atoms with Crippen LogP contribution in [-0.2, 0) is 0 Å². The van der Waals surface area contributed by atoms with Crippen molar-refractivity contribution in [2.75, 3.05) is 0 Å². The first-order valence-electron chi connectivity index (χ1n) is 4.44. The van der Waals surface area contributed by atoms with Gasteiger partial charge in [0.05, 0.1) is 5.02 Å². The molecule has 1 N–H and O–H groups in total. The fourth-order valence-electron chi connectivity index (χ4n) is 1.03. The van der Waals surface area contributed by atoms with Crippen LogP contribution in [0.15, 0.2) is 18.2 Å². The fraction of sp³-hybridized carbons (Fsp3) is 0.400. The van der Waals surface area contributed by atoms with Crippen molar-refractivity contribution >= 4 is 23.2 Å². The molecule has 0 fully saturated rings. The summed E-state index contributed by atoms with van der Waals surface area (Å²) in [5.74, 6) is 0.417. The first-order chi connectivity index (χ1) is 6.65. The number of hydrogen-bond acceptors (Lipinski definition) is 2. The highest BCUT2D eigenvalue weighted by Crippen LogP contribution is 2.32. The van der Waals surface area contributed by atoms with Gasteiger partial charge in [-0.3, -0.25) is 0 Å². The van der Waals surface area contributed by atoms with Crippen molar-refractivity contribution in [3.05, 3.63) is 28.2 Å². The zero-order valence-electron chi connectivity index (χ0n) is 7.84. The lowest BCUT2D eigenvalue weighted by Crippen LogP contribution is -2.14. The van der Waals surface area contributed by atoms with E-state index in [1.807, 2.05) is 6.92 Å². The Morgan fingerprint density at radius 2 is 2.14 bits per heavy atom. The average Bonchev–Trinajstić information content (AvgIpc) is 2.13. The van der Waals surface area contributed by atoms with Crippen LogP contribution >= 0.6 is 23.2 Å². The SMILES string of the molecule is CCCC(O)Oc1cccc(Cl)c1Cl. The normalized spacial score (nSPS) is 12.6. The lowest BCUT2D eigenvalue weighted by atomic mass is 10.3. The predicted molar refractivity (Wildman–Crippen MR) is 58.0 cm³/mol. The van der Waals surface area contributed by atoms with Crippen LogP contribution in [0, 0.1) is 0 Å². The second-order valence-corrected chi connectivity index (χ2v) is 3.70. The summed E-state index contributed by atoms with van der Waals surface area (Å²) < 4.78 is 5.21. The summed E-state index contributed by atoms with van der Waals surface area (Å²) in [5, 5.41) is 10.2. The third-order valence-corrected chi connectivity index (χ3v) is 2.52. The standard InChI is InChI=1S/C10H12Cl2O2/c1-2-4-9(13)14-8-6-3-5-7(11)10(8)12/h3,5-6,9,13H,2,4H2,1H3. The molecule has 1 atom stereocenters. The van der Waals surface area contributed by atoms with Crippen LogP contribution in [0.5, 0.6) is 5.75 Å². The summed E-state index contributed by atoms with van der Waals surface area (Å²) in [7, 11) is 0. The van der Waals surface area contributed by atoms with Gasteiger partial charge in [0.2, 0.25) is 0 Å². The van der Waals surface area contributed by atoms with Crippen LogP contribution in [0.1, 0.15) is 19.8 Å². The maximum Gasteiger partial charge on any atom is 0.197 e. The fourth-order valence-corrected chi connectivity index (χ4v) is 1.36. The number of aliphatic hydroxyl groups excluding tert-OH is 1. The lowest BCUT2D eigenvalue weighted by molar-refractivity contribution is -0.0232. The predicted octanol–water partition coefficient (Wildman–Crippen LogP) is 3.49. The molecule has 0 aliphatic carbocycles. The maximum absolute atomic E-state index is 9.39. The number of halogens is 2. The summed E-state index contributed by atoms with van der Waals surface area (Å²) in [6.07, 6.45) is 0.596. The van der Waals surface area contributed by atoms with Gasteiger partial charge in [-0.2, -0.15) is 0 Å². The lowest BCUT2D eigenvalue weighted by Gasteiger charge is -2.13. The molecule has 1 aromatic carbocycles. The van der Waals surface area contributed by atoms with Crippen LogP contribution in [0.4, 0.5) is 0 Å². The Labute approximate surface area is 93.4 Å². The molecule has 0 amide bonds. The summed E-state index contributed by atoms with van der Waals surface area (Å²) in [6, 6.07) is 5.07. The quantitative estimate of drug-likeness (QED) is 0.809. The number of rotatable bonds is 4. The first-order valence-corrected chi connectivity index (χ1v) is 5.19. The average molecular weight is 235 g/mol. The first kappa shape index (κ1) is 11.6. The van der Waals surface area contributed by atoms with Crippen molar-refractivity contribution in [1.82, 2.24) is 0 Å². The van der Waals surface area contributed by atoms with E-state index in [1.165, 1.54) is 0 Å². The molecular weight excluding hydrogens is 223 g/mol. The smallest absolute Gasteiger partial charge is 0.197 e. The zero-order valence-corrected chi connectivity index (χ0v) is 9.35. The minimum absolute atomic E-state index is 0.337. The second-order valence-electron chi connectivity index (χ2n) is 2.91. The molecule has 1 aromatic rings. The van der Waals surface area contributed by atoms with Crippen molar-refractivity contribution in [1.29, 1.82) is 0 Å². The largest absolute Gasteiger partial charge is 0.464 e. The monoisotopic (exact) mass is 234 g/mol. The molecule has 0 bridgehead atoms. The van der Waals surface area contributed by atoms with Crippen molar-refractivity contribution in [3.63, 3.8) is 0 Å². The van der Waals surface area contributed by atoms with Gasteiger partial charge in [-0.05, 0) is 12.1 Å². The second kappa shape index (κ2) is 5.44. The highest BCUT2D eigenvalue weighted by Gasteiger charge is 2.09. The van der Waals surface area contributed by atoms with Crippen LogP contribution in [0.2, 0.25) is 10.0 Å². The van der Waals surface area contributed by atoms with Crippen molar-refractivity contribution in [2.24, 2.45) is 0 Å². The van der Waals surface area contributed by atoms with E-state index in [2.05, 4.69) is 0 Å². The molecule has 14 heavy (non-hydrogen) atoms. The molecule has 1 rings (SSSR count). The van der Waals surface area contributed by atoms with Crippen molar-refractivity contribution in [3.8, 4) is 5.75 Å². The Morgan fingerprint density at radius 1 is 1.43 bits per heavy atom. The van der Waals surface area contributed by atoms with E-state index in [0.29, 0.717) is 22.2 Å². The van der Waals surface area contributed by atoms with Gasteiger partial charge in [0, 0.05) is 6.42 Å². The number of ether oxygens (including phenoxy) is 1. The van der Waals surface area contributed by atoms with Crippen LogP contribution < -0.4 is 4.74 Å². The summed E-state index contributed by atoms with van der Waals surface area (Å²) in [5.41, 5.74) is 0. The number of benzene rings is 1. The van der Waals surface area contributed by atoms with Crippen LogP contribution in [0.25, 0.3) is 0 Å². The highest BCUT2D eigenvalue weighted by atomic mass is 35.5. The maximum atomic E-state index is 9.39. The highest BCUT2D eigenvalue weighted by molar-refractivity contribution is 6.42. The summed E-state index contributed by atoms with van der Waals surface area (Å²) in [6.45, 7) is 1.96. The van der Waals surface area contributed by atoms with E-state index in [4.69, 9.17) is 27.9 Å². The van der Waals surface area contributed by atoms with Gasteiger partial charge >= 0.3 is 0 Å². The van der Waals surface area contributed by atoms with Gasteiger partial charge in [0.15, 0.2) is 6.29 Å². The summed E-state index contributed by atoms with van der Waals surface area (Å²) >= 11 is 11.7. The molecule has 0 heterocycles. The van der Waals surface area contributed by atoms with Crippen molar-refractivity contribution in [2.45, 2.75) is 26.1 Å². The van der Waals surface area contributed by atoms with Gasteiger partial charge in [-0.25, -0.2) is 0 Å².